The summed E-state index contributed by atoms with van der Waals surface area (Å²) in [6, 6.07) is 6.26. The highest BCUT2D eigenvalue weighted by Gasteiger charge is 2.31. The van der Waals surface area contributed by atoms with Gasteiger partial charge in [0.25, 0.3) is 0 Å². The Kier molecular flexibility index (Phi) is 7.86. The number of rotatable bonds is 5. The van der Waals surface area contributed by atoms with Gasteiger partial charge in [-0.2, -0.15) is 0 Å². The molecule has 0 aromatic heterocycles. The van der Waals surface area contributed by atoms with Crippen molar-refractivity contribution in [3.05, 3.63) is 29.8 Å². The van der Waals surface area contributed by atoms with Crippen LogP contribution in [0.3, 0.4) is 0 Å². The van der Waals surface area contributed by atoms with Crippen LogP contribution in [-0.2, 0) is 14.3 Å². The predicted molar refractivity (Wildman–Crippen MR) is 115 cm³/mol. The average Bonchev–Trinajstić information content (AvgIpc) is 3.34. The first kappa shape index (κ1) is 22.6. The summed E-state index contributed by atoms with van der Waals surface area (Å²) in [5.74, 6) is -1.30. The molecule has 9 heteroatoms. The molecule has 1 aromatic carbocycles. The molecule has 1 N–H and O–H groups in total. The summed E-state index contributed by atoms with van der Waals surface area (Å²) in [6.07, 6.45) is 3.66. The zero-order valence-corrected chi connectivity index (χ0v) is 18.0. The first-order valence-corrected chi connectivity index (χ1v) is 10.9. The third-order valence-electron chi connectivity index (χ3n) is 5.53. The van der Waals surface area contributed by atoms with E-state index in [9.17, 15) is 19.2 Å². The first-order chi connectivity index (χ1) is 15.0. The maximum Gasteiger partial charge on any atom is 0.338 e. The van der Waals surface area contributed by atoms with Crippen molar-refractivity contribution in [2.45, 2.75) is 32.6 Å². The molecular weight excluding hydrogens is 400 g/mol. The number of unbranched alkanes of at least 4 members (excludes halogenated alkanes) is 1. The van der Waals surface area contributed by atoms with E-state index in [1.54, 1.807) is 34.1 Å². The maximum atomic E-state index is 12.5. The van der Waals surface area contributed by atoms with E-state index in [-0.39, 0.29) is 12.0 Å². The van der Waals surface area contributed by atoms with E-state index in [0.29, 0.717) is 57.1 Å². The van der Waals surface area contributed by atoms with E-state index in [0.717, 1.165) is 25.7 Å². The fourth-order valence-electron chi connectivity index (χ4n) is 3.59. The van der Waals surface area contributed by atoms with Gasteiger partial charge in [-0.05, 0) is 43.5 Å². The molecule has 2 saturated heterocycles. The second-order valence-corrected chi connectivity index (χ2v) is 7.78. The number of benzene rings is 1. The lowest BCUT2D eigenvalue weighted by molar-refractivity contribution is -0.152. The van der Waals surface area contributed by atoms with Crippen LogP contribution in [0.15, 0.2) is 24.3 Å². The van der Waals surface area contributed by atoms with Crippen LogP contribution in [0.4, 0.5) is 10.5 Å². The number of amides is 4. The van der Waals surface area contributed by atoms with Crippen molar-refractivity contribution in [2.24, 2.45) is 0 Å². The fourth-order valence-corrected chi connectivity index (χ4v) is 3.59. The lowest BCUT2D eigenvalue weighted by Crippen LogP contribution is -2.54. The molecule has 2 fully saturated rings. The molecule has 31 heavy (non-hydrogen) atoms. The number of carbonyl (C=O) groups excluding carboxylic acids is 4. The molecule has 2 heterocycles. The Labute approximate surface area is 182 Å². The van der Waals surface area contributed by atoms with Crippen molar-refractivity contribution in [3.8, 4) is 0 Å². The monoisotopic (exact) mass is 430 g/mol. The maximum absolute atomic E-state index is 12.5. The number of nitrogens with one attached hydrogen (secondary N) is 1. The van der Waals surface area contributed by atoms with Crippen molar-refractivity contribution < 1.29 is 23.9 Å². The predicted octanol–water partition coefficient (Wildman–Crippen LogP) is 1.94. The van der Waals surface area contributed by atoms with E-state index in [4.69, 9.17) is 4.74 Å². The largest absolute Gasteiger partial charge is 0.462 e. The summed E-state index contributed by atoms with van der Waals surface area (Å²) in [5, 5.41) is 2.80. The third-order valence-corrected chi connectivity index (χ3v) is 5.53. The molecule has 0 aliphatic carbocycles. The number of hydrogen-bond acceptors (Lipinski definition) is 5. The Morgan fingerprint density at radius 1 is 0.839 bits per heavy atom. The van der Waals surface area contributed by atoms with Gasteiger partial charge in [-0.1, -0.05) is 13.3 Å². The van der Waals surface area contributed by atoms with Gasteiger partial charge in [0.1, 0.15) is 0 Å². The molecule has 0 radical (unpaired) electrons. The van der Waals surface area contributed by atoms with E-state index < -0.39 is 11.8 Å². The molecule has 2 aliphatic heterocycles. The number of esters is 1. The molecule has 9 nitrogen and oxygen atoms in total. The van der Waals surface area contributed by atoms with E-state index >= 15 is 0 Å². The van der Waals surface area contributed by atoms with Crippen LogP contribution in [0.25, 0.3) is 0 Å². The van der Waals surface area contributed by atoms with Crippen LogP contribution in [-0.4, -0.2) is 84.4 Å². The van der Waals surface area contributed by atoms with Crippen LogP contribution in [0.2, 0.25) is 0 Å². The normalized spacial score (nSPS) is 16.2. The van der Waals surface area contributed by atoms with Gasteiger partial charge in [0.15, 0.2) is 0 Å². The van der Waals surface area contributed by atoms with Gasteiger partial charge in [0.05, 0.1) is 12.2 Å². The molecule has 2 aliphatic rings. The lowest BCUT2D eigenvalue weighted by Gasteiger charge is -2.34. The van der Waals surface area contributed by atoms with Crippen molar-refractivity contribution in [1.82, 2.24) is 14.7 Å². The topological polar surface area (TPSA) is 99.3 Å². The van der Waals surface area contributed by atoms with Gasteiger partial charge in [-0.15, -0.1) is 0 Å². The van der Waals surface area contributed by atoms with Crippen molar-refractivity contribution in [3.63, 3.8) is 0 Å². The summed E-state index contributed by atoms with van der Waals surface area (Å²) in [4.78, 5) is 53.9. The number of piperazine rings is 1. The highest BCUT2D eigenvalue weighted by atomic mass is 16.5. The molecule has 3 rings (SSSR count). The highest BCUT2D eigenvalue weighted by Crippen LogP contribution is 2.14. The summed E-state index contributed by atoms with van der Waals surface area (Å²) in [7, 11) is 0. The average molecular weight is 431 g/mol. The minimum Gasteiger partial charge on any atom is -0.462 e. The Bertz CT molecular complexity index is 797. The van der Waals surface area contributed by atoms with Gasteiger partial charge in [-0.25, -0.2) is 9.59 Å². The van der Waals surface area contributed by atoms with Gasteiger partial charge in [0, 0.05) is 45.0 Å². The van der Waals surface area contributed by atoms with Gasteiger partial charge in [0.2, 0.25) is 0 Å². The molecular formula is C22H30N4O5. The van der Waals surface area contributed by atoms with Crippen LogP contribution in [0.5, 0.6) is 0 Å². The SMILES string of the molecule is CCCCOC(=O)c1ccc(NC(=O)N2CCN(C(=O)C(=O)N3CCCC3)CC2)cc1. The standard InChI is InChI=1S/C22H30N4O5/c1-2-3-16-31-21(29)17-6-8-18(9-7-17)23-22(30)26-14-12-25(13-15-26)20(28)19(27)24-10-4-5-11-24/h6-9H,2-5,10-16H2,1H3,(H,23,30). The minimum absolute atomic E-state index is 0.281. The number of hydrogen-bond donors (Lipinski definition) is 1. The smallest absolute Gasteiger partial charge is 0.338 e. The van der Waals surface area contributed by atoms with Gasteiger partial charge < -0.3 is 24.8 Å². The minimum atomic E-state index is -0.483. The molecule has 0 spiro atoms. The molecule has 4 amide bonds. The summed E-state index contributed by atoms with van der Waals surface area (Å²) in [6.45, 7) is 5.07. The van der Waals surface area contributed by atoms with Crippen LogP contribution < -0.4 is 5.32 Å². The lowest BCUT2D eigenvalue weighted by atomic mass is 10.2. The van der Waals surface area contributed by atoms with Crippen LogP contribution >= 0.6 is 0 Å². The fraction of sp³-hybridized carbons (Fsp3) is 0.545. The summed E-state index contributed by atoms with van der Waals surface area (Å²) >= 11 is 0. The molecule has 0 atom stereocenters. The second-order valence-electron chi connectivity index (χ2n) is 7.78. The Hall–Kier alpha value is -3.10. The Balaban J connectivity index is 1.45. The first-order valence-electron chi connectivity index (χ1n) is 10.9. The molecule has 0 saturated carbocycles. The number of likely N-dealkylation sites (tertiary alicyclic amines) is 1. The zero-order valence-electron chi connectivity index (χ0n) is 18.0. The van der Waals surface area contributed by atoms with Crippen LogP contribution in [0, 0.1) is 0 Å². The van der Waals surface area contributed by atoms with E-state index in [1.807, 2.05) is 6.92 Å². The van der Waals surface area contributed by atoms with Crippen molar-refractivity contribution in [1.29, 1.82) is 0 Å². The van der Waals surface area contributed by atoms with E-state index in [2.05, 4.69) is 5.32 Å². The summed E-state index contributed by atoms with van der Waals surface area (Å²) in [5.41, 5.74) is 1.00. The second kappa shape index (κ2) is 10.8. The number of carbonyl (C=O) groups is 4. The third kappa shape index (κ3) is 5.96. The number of ether oxygens (including phenoxy) is 1. The summed E-state index contributed by atoms with van der Waals surface area (Å²) < 4.78 is 5.17. The number of nitrogens with zero attached hydrogens (tertiary/aromatic N) is 3. The molecule has 0 unspecified atom stereocenters. The van der Waals surface area contributed by atoms with Gasteiger partial charge >= 0.3 is 23.8 Å². The van der Waals surface area contributed by atoms with Crippen molar-refractivity contribution >= 4 is 29.5 Å². The Morgan fingerprint density at radius 3 is 1.97 bits per heavy atom. The molecule has 0 bridgehead atoms. The number of urea groups is 1. The molecule has 1 aromatic rings. The Morgan fingerprint density at radius 2 is 1.39 bits per heavy atom. The molecule has 168 valence electrons. The van der Waals surface area contributed by atoms with Crippen LogP contribution in [0.1, 0.15) is 43.0 Å². The zero-order chi connectivity index (χ0) is 22.2. The highest BCUT2D eigenvalue weighted by molar-refractivity contribution is 6.35. The van der Waals surface area contributed by atoms with Gasteiger partial charge in [-0.3, -0.25) is 9.59 Å². The quantitative estimate of drug-likeness (QED) is 0.437. The number of anilines is 1. The van der Waals surface area contributed by atoms with E-state index in [1.165, 1.54) is 4.90 Å². The van der Waals surface area contributed by atoms with Crippen molar-refractivity contribution in [2.75, 3.05) is 51.2 Å².